The maximum atomic E-state index is 5.69. The van der Waals surface area contributed by atoms with Gasteiger partial charge in [-0.15, -0.1) is 0 Å². The first kappa shape index (κ1) is 11.0. The molecule has 4 heteroatoms. The number of nitrogens with zero attached hydrogens (tertiary/aromatic N) is 3. The lowest BCUT2D eigenvalue weighted by atomic mass is 10.3. The van der Waals surface area contributed by atoms with Crippen LogP contribution < -0.4 is 0 Å². The molecule has 0 aliphatic heterocycles. The van der Waals surface area contributed by atoms with Crippen molar-refractivity contribution in [3.05, 3.63) is 29.0 Å². The van der Waals surface area contributed by atoms with E-state index in [1.165, 1.54) is 0 Å². The molecule has 0 bridgehead atoms. The second-order valence-electron chi connectivity index (χ2n) is 2.93. The molecule has 1 aromatic rings. The van der Waals surface area contributed by atoms with Crippen molar-refractivity contribution in [1.82, 2.24) is 9.88 Å². The summed E-state index contributed by atoms with van der Waals surface area (Å²) in [7, 11) is 1.77. The summed E-state index contributed by atoms with van der Waals surface area (Å²) >= 11 is 5.69. The molecule has 0 spiro atoms. The van der Waals surface area contributed by atoms with Crippen LogP contribution >= 0.6 is 11.6 Å². The van der Waals surface area contributed by atoms with E-state index in [2.05, 4.69) is 21.8 Å². The van der Waals surface area contributed by atoms with Gasteiger partial charge in [0.1, 0.15) is 5.15 Å². The summed E-state index contributed by atoms with van der Waals surface area (Å²) in [5, 5.41) is 0.529. The molecule has 0 N–H and O–H groups in total. The highest BCUT2D eigenvalue weighted by atomic mass is 35.5. The van der Waals surface area contributed by atoms with Crippen LogP contribution in [0.4, 0.5) is 0 Å². The van der Waals surface area contributed by atoms with Gasteiger partial charge < -0.3 is 4.90 Å². The molecule has 14 heavy (non-hydrogen) atoms. The van der Waals surface area contributed by atoms with Crippen LogP contribution in [0.15, 0.2) is 23.3 Å². The lowest BCUT2D eigenvalue weighted by molar-refractivity contribution is 0.447. The van der Waals surface area contributed by atoms with Crippen molar-refractivity contribution in [3.63, 3.8) is 0 Å². The Hall–Kier alpha value is -1.09. The van der Waals surface area contributed by atoms with Crippen LogP contribution in [0.5, 0.6) is 0 Å². The van der Waals surface area contributed by atoms with E-state index in [0.717, 1.165) is 18.7 Å². The van der Waals surface area contributed by atoms with E-state index < -0.39 is 0 Å². The van der Waals surface area contributed by atoms with E-state index in [0.29, 0.717) is 5.15 Å². The van der Waals surface area contributed by atoms with Crippen molar-refractivity contribution in [2.45, 2.75) is 13.5 Å². The van der Waals surface area contributed by atoms with Crippen LogP contribution in [0.3, 0.4) is 0 Å². The van der Waals surface area contributed by atoms with Gasteiger partial charge in [0.25, 0.3) is 0 Å². The zero-order valence-corrected chi connectivity index (χ0v) is 9.20. The number of aliphatic imine (C=N–C) groups is 1. The molecule has 1 aromatic heterocycles. The first-order chi connectivity index (χ1) is 6.76. The molecule has 1 heterocycles. The van der Waals surface area contributed by atoms with Crippen LogP contribution in [0.2, 0.25) is 5.15 Å². The van der Waals surface area contributed by atoms with Gasteiger partial charge in [-0.25, -0.2) is 4.98 Å². The average Bonchev–Trinajstić information content (AvgIpc) is 2.20. The standard InChI is InChI=1S/C10H14ClN3/c1-3-14(8-12-2)7-9-4-5-10(11)13-6-9/h4-6,8H,3,7H2,1-2H3. The Morgan fingerprint density at radius 2 is 2.36 bits per heavy atom. The van der Waals surface area contributed by atoms with Crippen LogP contribution in [0.1, 0.15) is 12.5 Å². The molecule has 1 rings (SSSR count). The summed E-state index contributed by atoms with van der Waals surface area (Å²) in [5.74, 6) is 0. The first-order valence-electron chi connectivity index (χ1n) is 4.53. The second-order valence-corrected chi connectivity index (χ2v) is 3.31. The Labute approximate surface area is 89.4 Å². The number of halogens is 1. The fourth-order valence-electron chi connectivity index (χ4n) is 1.13. The Balaban J connectivity index is 2.62. The van der Waals surface area contributed by atoms with Crippen LogP contribution in [0.25, 0.3) is 0 Å². The van der Waals surface area contributed by atoms with Crippen LogP contribution in [-0.2, 0) is 6.54 Å². The fraction of sp³-hybridized carbons (Fsp3) is 0.400. The predicted molar refractivity (Wildman–Crippen MR) is 59.7 cm³/mol. The van der Waals surface area contributed by atoms with Crippen molar-refractivity contribution < 1.29 is 0 Å². The molecule has 0 radical (unpaired) electrons. The SMILES string of the molecule is CCN(C=NC)Cc1ccc(Cl)nc1. The lowest BCUT2D eigenvalue weighted by Gasteiger charge is -2.16. The highest BCUT2D eigenvalue weighted by molar-refractivity contribution is 6.29. The Bertz CT molecular complexity index is 295. The third-order valence-corrected chi connectivity index (χ3v) is 2.08. The summed E-state index contributed by atoms with van der Waals surface area (Å²) in [5.41, 5.74) is 1.14. The van der Waals surface area contributed by atoms with Gasteiger partial charge in [-0.3, -0.25) is 4.99 Å². The number of aromatic nitrogens is 1. The molecule has 3 nitrogen and oxygen atoms in total. The van der Waals surface area contributed by atoms with Gasteiger partial charge in [-0.1, -0.05) is 17.7 Å². The monoisotopic (exact) mass is 211 g/mol. The summed E-state index contributed by atoms with van der Waals surface area (Å²) in [6.07, 6.45) is 3.61. The molecule has 0 saturated carbocycles. The maximum Gasteiger partial charge on any atom is 0.129 e. The van der Waals surface area contributed by atoms with E-state index in [9.17, 15) is 0 Å². The van der Waals surface area contributed by atoms with E-state index in [1.54, 1.807) is 19.3 Å². The number of pyridine rings is 1. The van der Waals surface area contributed by atoms with Gasteiger partial charge in [0.15, 0.2) is 0 Å². The predicted octanol–water partition coefficient (Wildman–Crippen LogP) is 2.21. The van der Waals surface area contributed by atoms with Gasteiger partial charge in [0, 0.05) is 26.3 Å². The topological polar surface area (TPSA) is 28.5 Å². The molecule has 0 atom stereocenters. The Morgan fingerprint density at radius 3 is 2.86 bits per heavy atom. The third kappa shape index (κ3) is 3.34. The highest BCUT2D eigenvalue weighted by Gasteiger charge is 1.99. The molecular weight excluding hydrogens is 198 g/mol. The van der Waals surface area contributed by atoms with E-state index in [-0.39, 0.29) is 0 Å². The van der Waals surface area contributed by atoms with Crippen molar-refractivity contribution in [2.75, 3.05) is 13.6 Å². The van der Waals surface area contributed by atoms with Crippen molar-refractivity contribution in [3.8, 4) is 0 Å². The number of hydrogen-bond donors (Lipinski definition) is 0. The average molecular weight is 212 g/mol. The van der Waals surface area contributed by atoms with Crippen molar-refractivity contribution in [1.29, 1.82) is 0 Å². The van der Waals surface area contributed by atoms with E-state index in [1.807, 2.05) is 12.4 Å². The van der Waals surface area contributed by atoms with Crippen LogP contribution in [-0.4, -0.2) is 29.8 Å². The van der Waals surface area contributed by atoms with Gasteiger partial charge in [-0.2, -0.15) is 0 Å². The van der Waals surface area contributed by atoms with Crippen molar-refractivity contribution in [2.24, 2.45) is 4.99 Å². The zero-order chi connectivity index (χ0) is 10.4. The maximum absolute atomic E-state index is 5.69. The number of rotatable bonds is 4. The van der Waals surface area contributed by atoms with Gasteiger partial charge >= 0.3 is 0 Å². The van der Waals surface area contributed by atoms with Gasteiger partial charge in [0.05, 0.1) is 6.34 Å². The lowest BCUT2D eigenvalue weighted by Crippen LogP contribution is -2.20. The molecule has 0 aliphatic carbocycles. The van der Waals surface area contributed by atoms with E-state index in [4.69, 9.17) is 11.6 Å². The van der Waals surface area contributed by atoms with Crippen molar-refractivity contribution >= 4 is 17.9 Å². The normalized spacial score (nSPS) is 10.8. The third-order valence-electron chi connectivity index (χ3n) is 1.86. The minimum atomic E-state index is 0.529. The van der Waals surface area contributed by atoms with Gasteiger partial charge in [0.2, 0.25) is 0 Å². The summed E-state index contributed by atoms with van der Waals surface area (Å²) in [6, 6.07) is 3.77. The Kier molecular flexibility index (Phi) is 4.40. The smallest absolute Gasteiger partial charge is 0.129 e. The number of hydrogen-bond acceptors (Lipinski definition) is 2. The zero-order valence-electron chi connectivity index (χ0n) is 8.44. The second kappa shape index (κ2) is 5.60. The largest absolute Gasteiger partial charge is 0.359 e. The summed E-state index contributed by atoms with van der Waals surface area (Å²) < 4.78 is 0. The van der Waals surface area contributed by atoms with Crippen LogP contribution in [0, 0.1) is 0 Å². The molecule has 76 valence electrons. The summed E-state index contributed by atoms with van der Waals surface area (Å²) in [6.45, 7) is 3.84. The minimum absolute atomic E-state index is 0.529. The molecule has 0 saturated heterocycles. The van der Waals surface area contributed by atoms with E-state index >= 15 is 0 Å². The fourth-order valence-corrected chi connectivity index (χ4v) is 1.24. The van der Waals surface area contributed by atoms with Gasteiger partial charge in [-0.05, 0) is 18.6 Å². The molecule has 0 unspecified atom stereocenters. The Morgan fingerprint density at radius 1 is 1.57 bits per heavy atom. The highest BCUT2D eigenvalue weighted by Crippen LogP contribution is 2.06. The molecule has 0 aromatic carbocycles. The molecule has 0 fully saturated rings. The minimum Gasteiger partial charge on any atom is -0.359 e. The first-order valence-corrected chi connectivity index (χ1v) is 4.90. The molecular formula is C10H14ClN3. The molecule has 0 amide bonds. The quantitative estimate of drug-likeness (QED) is 0.434. The summed E-state index contributed by atoms with van der Waals surface area (Å²) in [4.78, 5) is 10.1. The molecule has 0 aliphatic rings.